The molecule has 2 heterocycles. The fraction of sp³-hybridized carbons (Fsp3) is 0.222. The van der Waals surface area contributed by atoms with Crippen LogP contribution in [-0.4, -0.2) is 37.9 Å². The molecule has 0 saturated heterocycles. The number of pyridine rings is 1. The summed E-state index contributed by atoms with van der Waals surface area (Å²) in [5.74, 6) is 0. The zero-order valence-electron chi connectivity index (χ0n) is 12.9. The molecule has 3 aromatic rings. The lowest BCUT2D eigenvalue weighted by atomic mass is 10.2. The van der Waals surface area contributed by atoms with Crippen molar-refractivity contribution < 1.29 is 5.11 Å². The molecule has 0 saturated carbocycles. The predicted octanol–water partition coefficient (Wildman–Crippen LogP) is 2.26. The van der Waals surface area contributed by atoms with Gasteiger partial charge < -0.3 is 5.11 Å². The first kappa shape index (κ1) is 15.4. The Morgan fingerprint density at radius 3 is 2.61 bits per heavy atom. The Bertz CT molecular complexity index is 712. The molecular weight excluding hydrogens is 288 g/mol. The van der Waals surface area contributed by atoms with Crippen molar-refractivity contribution in [3.05, 3.63) is 78.4 Å². The Morgan fingerprint density at radius 1 is 1.00 bits per heavy atom. The van der Waals surface area contributed by atoms with E-state index in [2.05, 4.69) is 15.0 Å². The average Bonchev–Trinajstić information content (AvgIpc) is 3.05. The maximum atomic E-state index is 9.29. The van der Waals surface area contributed by atoms with Crippen molar-refractivity contribution in [2.75, 3.05) is 13.2 Å². The van der Waals surface area contributed by atoms with Gasteiger partial charge in [0.25, 0.3) is 0 Å². The van der Waals surface area contributed by atoms with Crippen molar-refractivity contribution in [1.29, 1.82) is 0 Å². The van der Waals surface area contributed by atoms with Gasteiger partial charge in [0.05, 0.1) is 18.0 Å². The molecule has 0 aliphatic carbocycles. The van der Waals surface area contributed by atoms with Crippen LogP contribution in [0, 0.1) is 0 Å². The topological polar surface area (TPSA) is 54.2 Å². The van der Waals surface area contributed by atoms with Gasteiger partial charge in [-0.15, -0.1) is 0 Å². The Balaban J connectivity index is 1.69. The summed E-state index contributed by atoms with van der Waals surface area (Å²) in [6, 6.07) is 16.0. The van der Waals surface area contributed by atoms with Crippen LogP contribution in [0.1, 0.15) is 11.3 Å². The number of aliphatic hydroxyl groups is 1. The lowest BCUT2D eigenvalue weighted by molar-refractivity contribution is 0.182. The van der Waals surface area contributed by atoms with Crippen molar-refractivity contribution in [2.24, 2.45) is 0 Å². The second kappa shape index (κ2) is 7.67. The summed E-state index contributed by atoms with van der Waals surface area (Å²) >= 11 is 0. The molecule has 0 unspecified atom stereocenters. The molecule has 1 N–H and O–H groups in total. The molecule has 0 radical (unpaired) electrons. The van der Waals surface area contributed by atoms with E-state index >= 15 is 0 Å². The number of hydrogen-bond donors (Lipinski definition) is 1. The standard InChI is InChI=1S/C18H20N4O/c23-12-11-21(14-16-5-4-9-19-13-16)15-17-8-10-22(20-17)18-6-2-1-3-7-18/h1-10,13,23H,11-12,14-15H2. The van der Waals surface area contributed by atoms with E-state index in [4.69, 9.17) is 0 Å². The minimum atomic E-state index is 0.125. The minimum Gasteiger partial charge on any atom is -0.395 e. The van der Waals surface area contributed by atoms with Crippen LogP contribution in [0.15, 0.2) is 67.1 Å². The first-order chi connectivity index (χ1) is 11.3. The molecule has 2 aromatic heterocycles. The highest BCUT2D eigenvalue weighted by Gasteiger charge is 2.09. The van der Waals surface area contributed by atoms with Gasteiger partial charge in [-0.2, -0.15) is 5.10 Å². The summed E-state index contributed by atoms with van der Waals surface area (Å²) in [4.78, 5) is 6.30. The molecule has 0 amide bonds. The lowest BCUT2D eigenvalue weighted by Crippen LogP contribution is -2.26. The largest absolute Gasteiger partial charge is 0.395 e. The maximum Gasteiger partial charge on any atom is 0.0769 e. The molecule has 5 heteroatoms. The van der Waals surface area contributed by atoms with Gasteiger partial charge in [-0.05, 0) is 29.8 Å². The van der Waals surface area contributed by atoms with Gasteiger partial charge in [0.1, 0.15) is 0 Å². The number of para-hydroxylation sites is 1. The van der Waals surface area contributed by atoms with Gasteiger partial charge in [0.2, 0.25) is 0 Å². The van der Waals surface area contributed by atoms with Gasteiger partial charge in [0, 0.05) is 38.2 Å². The Kier molecular flexibility index (Phi) is 5.13. The smallest absolute Gasteiger partial charge is 0.0769 e. The number of nitrogens with zero attached hydrogens (tertiary/aromatic N) is 4. The summed E-state index contributed by atoms with van der Waals surface area (Å²) in [5, 5.41) is 13.9. The highest BCUT2D eigenvalue weighted by molar-refractivity contribution is 5.30. The van der Waals surface area contributed by atoms with E-state index in [0.717, 1.165) is 23.5 Å². The number of benzene rings is 1. The maximum absolute atomic E-state index is 9.29. The Labute approximate surface area is 135 Å². The quantitative estimate of drug-likeness (QED) is 0.727. The Morgan fingerprint density at radius 2 is 1.87 bits per heavy atom. The number of aliphatic hydroxyl groups excluding tert-OH is 1. The van der Waals surface area contributed by atoms with Crippen molar-refractivity contribution in [2.45, 2.75) is 13.1 Å². The predicted molar refractivity (Wildman–Crippen MR) is 89.0 cm³/mol. The normalized spacial score (nSPS) is 11.0. The van der Waals surface area contributed by atoms with Gasteiger partial charge in [-0.25, -0.2) is 4.68 Å². The van der Waals surface area contributed by atoms with Crippen LogP contribution in [0.25, 0.3) is 5.69 Å². The highest BCUT2D eigenvalue weighted by atomic mass is 16.3. The molecule has 118 valence electrons. The second-order valence-corrected chi connectivity index (χ2v) is 5.38. The van der Waals surface area contributed by atoms with E-state index in [-0.39, 0.29) is 6.61 Å². The molecule has 1 aromatic carbocycles. The fourth-order valence-electron chi connectivity index (χ4n) is 2.50. The monoisotopic (exact) mass is 308 g/mol. The van der Waals surface area contributed by atoms with E-state index < -0.39 is 0 Å². The third kappa shape index (κ3) is 4.25. The van der Waals surface area contributed by atoms with E-state index in [1.807, 2.05) is 65.6 Å². The molecule has 0 bridgehead atoms. The second-order valence-electron chi connectivity index (χ2n) is 5.38. The van der Waals surface area contributed by atoms with Crippen LogP contribution >= 0.6 is 0 Å². The summed E-state index contributed by atoms with van der Waals surface area (Å²) in [6.07, 6.45) is 5.58. The fourth-order valence-corrected chi connectivity index (χ4v) is 2.50. The molecule has 5 nitrogen and oxygen atoms in total. The summed E-state index contributed by atoms with van der Waals surface area (Å²) in [7, 11) is 0. The first-order valence-corrected chi connectivity index (χ1v) is 7.67. The molecule has 0 fully saturated rings. The van der Waals surface area contributed by atoms with E-state index in [1.165, 1.54) is 0 Å². The first-order valence-electron chi connectivity index (χ1n) is 7.67. The molecule has 0 aliphatic heterocycles. The van der Waals surface area contributed by atoms with E-state index in [1.54, 1.807) is 6.20 Å². The van der Waals surface area contributed by atoms with E-state index in [0.29, 0.717) is 13.1 Å². The van der Waals surface area contributed by atoms with Crippen LogP contribution in [0.2, 0.25) is 0 Å². The third-order valence-electron chi connectivity index (χ3n) is 3.60. The molecule has 0 aliphatic rings. The van der Waals surface area contributed by atoms with Gasteiger partial charge in [-0.3, -0.25) is 9.88 Å². The molecule has 23 heavy (non-hydrogen) atoms. The van der Waals surface area contributed by atoms with Crippen molar-refractivity contribution >= 4 is 0 Å². The van der Waals surface area contributed by atoms with Crippen molar-refractivity contribution in [1.82, 2.24) is 19.7 Å². The molecule has 0 atom stereocenters. The van der Waals surface area contributed by atoms with Crippen LogP contribution < -0.4 is 0 Å². The molecule has 0 spiro atoms. The highest BCUT2D eigenvalue weighted by Crippen LogP contribution is 2.10. The van der Waals surface area contributed by atoms with Crippen LogP contribution in [0.4, 0.5) is 0 Å². The molecule has 3 rings (SSSR count). The number of hydrogen-bond acceptors (Lipinski definition) is 4. The van der Waals surface area contributed by atoms with Gasteiger partial charge in [-0.1, -0.05) is 24.3 Å². The SMILES string of the molecule is OCCN(Cc1cccnc1)Cc1ccn(-c2ccccc2)n1. The van der Waals surface area contributed by atoms with Crippen LogP contribution in [0.5, 0.6) is 0 Å². The zero-order valence-corrected chi connectivity index (χ0v) is 12.9. The summed E-state index contributed by atoms with van der Waals surface area (Å²) in [6.45, 7) is 2.16. The van der Waals surface area contributed by atoms with Crippen molar-refractivity contribution in [3.8, 4) is 5.69 Å². The molecular formula is C18H20N4O. The zero-order chi connectivity index (χ0) is 15.9. The van der Waals surface area contributed by atoms with Crippen LogP contribution in [-0.2, 0) is 13.1 Å². The van der Waals surface area contributed by atoms with Crippen LogP contribution in [0.3, 0.4) is 0 Å². The summed E-state index contributed by atoms with van der Waals surface area (Å²) in [5.41, 5.74) is 3.15. The minimum absolute atomic E-state index is 0.125. The Hall–Kier alpha value is -2.50. The average molecular weight is 308 g/mol. The lowest BCUT2D eigenvalue weighted by Gasteiger charge is -2.20. The number of rotatable bonds is 7. The van der Waals surface area contributed by atoms with E-state index in [9.17, 15) is 5.11 Å². The van der Waals surface area contributed by atoms with Gasteiger partial charge >= 0.3 is 0 Å². The third-order valence-corrected chi connectivity index (χ3v) is 3.60. The van der Waals surface area contributed by atoms with Gasteiger partial charge in [0.15, 0.2) is 0 Å². The summed E-state index contributed by atoms with van der Waals surface area (Å²) < 4.78 is 1.87. The van der Waals surface area contributed by atoms with Crippen molar-refractivity contribution in [3.63, 3.8) is 0 Å². The number of aromatic nitrogens is 3.